The largest absolute Gasteiger partial charge is 0.493 e. The quantitative estimate of drug-likeness (QED) is 0.861. The van der Waals surface area contributed by atoms with E-state index in [1.807, 2.05) is 0 Å². The molecule has 1 fully saturated rings. The highest BCUT2D eigenvalue weighted by atomic mass is 16.5. The van der Waals surface area contributed by atoms with Crippen LogP contribution in [-0.2, 0) is 24.1 Å². The number of carbonyl (C=O) groups is 1. The summed E-state index contributed by atoms with van der Waals surface area (Å²) in [6, 6.07) is 6.44. The van der Waals surface area contributed by atoms with E-state index in [9.17, 15) is 4.79 Å². The van der Waals surface area contributed by atoms with Gasteiger partial charge in [-0.25, -0.2) is 0 Å². The first kappa shape index (κ1) is 17.8. The maximum atomic E-state index is 13.0. The number of aromatic amines is 1. The van der Waals surface area contributed by atoms with Gasteiger partial charge < -0.3 is 9.64 Å². The second kappa shape index (κ2) is 7.61. The van der Waals surface area contributed by atoms with E-state index >= 15 is 0 Å². The van der Waals surface area contributed by atoms with Crippen LogP contribution >= 0.6 is 0 Å². The molecule has 5 heteroatoms. The Kier molecular flexibility index (Phi) is 4.83. The fraction of sp³-hybridized carbons (Fsp3) is 0.565. The lowest BCUT2D eigenvalue weighted by Crippen LogP contribution is -2.38. The normalized spacial score (nSPS) is 20.1. The summed E-state index contributed by atoms with van der Waals surface area (Å²) in [7, 11) is 0. The van der Waals surface area contributed by atoms with Gasteiger partial charge >= 0.3 is 0 Å². The van der Waals surface area contributed by atoms with E-state index in [-0.39, 0.29) is 5.92 Å². The monoisotopic (exact) mass is 379 g/mol. The number of nitrogens with zero attached hydrogens (tertiary/aromatic N) is 2. The molecule has 0 atom stereocenters. The molecule has 0 unspecified atom stereocenters. The molecule has 148 valence electrons. The SMILES string of the molecule is O=C(C1CCCCC1)N1CCc2[nH]nc(-c3ccc4c(c3)CCCO4)c2CC1. The summed E-state index contributed by atoms with van der Waals surface area (Å²) in [6.45, 7) is 2.43. The highest BCUT2D eigenvalue weighted by molar-refractivity contribution is 5.79. The average Bonchev–Trinajstić information content (AvgIpc) is 3.05. The van der Waals surface area contributed by atoms with Crippen LogP contribution in [0.4, 0.5) is 0 Å². The topological polar surface area (TPSA) is 58.2 Å². The number of amides is 1. The van der Waals surface area contributed by atoms with Crippen LogP contribution in [0.2, 0.25) is 0 Å². The Morgan fingerprint density at radius 3 is 2.82 bits per heavy atom. The van der Waals surface area contributed by atoms with Crippen molar-refractivity contribution < 1.29 is 9.53 Å². The second-order valence-electron chi connectivity index (χ2n) is 8.46. The van der Waals surface area contributed by atoms with Crippen molar-refractivity contribution in [2.24, 2.45) is 5.92 Å². The Morgan fingerprint density at radius 2 is 1.93 bits per heavy atom. The van der Waals surface area contributed by atoms with Crippen LogP contribution in [0, 0.1) is 5.92 Å². The molecule has 1 aliphatic carbocycles. The zero-order valence-corrected chi connectivity index (χ0v) is 16.5. The van der Waals surface area contributed by atoms with Gasteiger partial charge in [-0.1, -0.05) is 19.3 Å². The Bertz CT molecular complexity index is 867. The van der Waals surface area contributed by atoms with E-state index in [1.54, 1.807) is 0 Å². The Hall–Kier alpha value is -2.30. The van der Waals surface area contributed by atoms with Crippen molar-refractivity contribution in [3.05, 3.63) is 35.0 Å². The van der Waals surface area contributed by atoms with Gasteiger partial charge in [-0.15, -0.1) is 0 Å². The molecule has 0 spiro atoms. The van der Waals surface area contributed by atoms with Crippen molar-refractivity contribution in [2.75, 3.05) is 19.7 Å². The van der Waals surface area contributed by atoms with Crippen LogP contribution in [0.3, 0.4) is 0 Å². The number of benzene rings is 1. The zero-order valence-electron chi connectivity index (χ0n) is 16.5. The summed E-state index contributed by atoms with van der Waals surface area (Å²) >= 11 is 0. The van der Waals surface area contributed by atoms with E-state index in [2.05, 4.69) is 33.3 Å². The fourth-order valence-electron chi connectivity index (χ4n) is 5.06. The van der Waals surface area contributed by atoms with Crippen LogP contribution in [-0.4, -0.2) is 40.7 Å². The highest BCUT2D eigenvalue weighted by Gasteiger charge is 2.28. The number of carbonyl (C=O) groups excluding carboxylic acids is 1. The predicted octanol–water partition coefficient (Wildman–Crippen LogP) is 3.91. The van der Waals surface area contributed by atoms with Crippen LogP contribution in [0.5, 0.6) is 5.75 Å². The first-order valence-electron chi connectivity index (χ1n) is 10.9. The molecule has 0 bridgehead atoms. The van der Waals surface area contributed by atoms with Crippen LogP contribution in [0.1, 0.15) is 55.3 Å². The van der Waals surface area contributed by atoms with E-state index in [0.29, 0.717) is 5.91 Å². The van der Waals surface area contributed by atoms with Crippen LogP contribution in [0.15, 0.2) is 18.2 Å². The Balaban J connectivity index is 1.35. The van der Waals surface area contributed by atoms with Gasteiger partial charge in [0.1, 0.15) is 5.75 Å². The van der Waals surface area contributed by atoms with Crippen molar-refractivity contribution in [3.8, 4) is 17.0 Å². The molecule has 1 amide bonds. The highest BCUT2D eigenvalue weighted by Crippen LogP contribution is 2.33. The van der Waals surface area contributed by atoms with Gasteiger partial charge in [0, 0.05) is 42.2 Å². The molecule has 0 saturated heterocycles. The number of aryl methyl sites for hydroxylation is 1. The minimum Gasteiger partial charge on any atom is -0.493 e. The van der Waals surface area contributed by atoms with E-state index < -0.39 is 0 Å². The maximum absolute atomic E-state index is 13.0. The third kappa shape index (κ3) is 3.31. The molecule has 5 nitrogen and oxygen atoms in total. The van der Waals surface area contributed by atoms with E-state index in [0.717, 1.165) is 75.2 Å². The van der Waals surface area contributed by atoms with Gasteiger partial charge in [0.15, 0.2) is 0 Å². The number of fused-ring (bicyclic) bond motifs is 2. The summed E-state index contributed by atoms with van der Waals surface area (Å²) in [5.74, 6) is 1.65. The lowest BCUT2D eigenvalue weighted by Gasteiger charge is -2.28. The third-order valence-corrected chi connectivity index (χ3v) is 6.66. The lowest BCUT2D eigenvalue weighted by atomic mass is 9.88. The number of aromatic nitrogens is 2. The minimum atomic E-state index is 0.253. The van der Waals surface area contributed by atoms with Gasteiger partial charge in [-0.2, -0.15) is 5.10 Å². The fourth-order valence-corrected chi connectivity index (χ4v) is 5.06. The molecule has 2 aromatic rings. The Morgan fingerprint density at radius 1 is 1.07 bits per heavy atom. The number of hydrogen-bond acceptors (Lipinski definition) is 3. The van der Waals surface area contributed by atoms with Crippen molar-refractivity contribution in [3.63, 3.8) is 0 Å². The van der Waals surface area contributed by atoms with E-state index in [1.165, 1.54) is 36.1 Å². The van der Waals surface area contributed by atoms with Gasteiger partial charge in [0.2, 0.25) is 5.91 Å². The first-order valence-corrected chi connectivity index (χ1v) is 10.9. The molecule has 1 N–H and O–H groups in total. The zero-order chi connectivity index (χ0) is 18.9. The van der Waals surface area contributed by atoms with Crippen molar-refractivity contribution in [1.82, 2.24) is 15.1 Å². The molecule has 1 aromatic heterocycles. The summed E-state index contributed by atoms with van der Waals surface area (Å²) < 4.78 is 5.75. The van der Waals surface area contributed by atoms with Gasteiger partial charge in [0.05, 0.1) is 12.3 Å². The predicted molar refractivity (Wildman–Crippen MR) is 108 cm³/mol. The number of rotatable bonds is 2. The standard InChI is InChI=1S/C23H29N3O2/c27-23(16-5-2-1-3-6-16)26-12-10-19-20(11-13-26)24-25-22(19)18-8-9-21-17(15-18)7-4-14-28-21/h8-9,15-16H,1-7,10-14H2,(H,24,25). The smallest absolute Gasteiger partial charge is 0.225 e. The van der Waals surface area contributed by atoms with Gasteiger partial charge in [-0.05, 0) is 55.9 Å². The third-order valence-electron chi connectivity index (χ3n) is 6.66. The molecule has 1 aromatic carbocycles. The summed E-state index contributed by atoms with van der Waals surface area (Å²) in [4.78, 5) is 15.1. The molecule has 5 rings (SSSR count). The number of hydrogen-bond donors (Lipinski definition) is 1. The molecular formula is C23H29N3O2. The molecule has 2 aliphatic heterocycles. The molecule has 0 radical (unpaired) electrons. The number of nitrogens with one attached hydrogen (secondary N) is 1. The van der Waals surface area contributed by atoms with Crippen molar-refractivity contribution >= 4 is 5.91 Å². The van der Waals surface area contributed by atoms with Gasteiger partial charge in [0.25, 0.3) is 0 Å². The first-order chi connectivity index (χ1) is 13.8. The Labute approximate surface area is 166 Å². The summed E-state index contributed by atoms with van der Waals surface area (Å²) in [5.41, 5.74) is 5.98. The van der Waals surface area contributed by atoms with E-state index in [4.69, 9.17) is 4.74 Å². The van der Waals surface area contributed by atoms with Crippen LogP contribution < -0.4 is 4.74 Å². The molecular weight excluding hydrogens is 350 g/mol. The summed E-state index contributed by atoms with van der Waals surface area (Å²) in [5, 5.41) is 7.91. The lowest BCUT2D eigenvalue weighted by molar-refractivity contribution is -0.136. The second-order valence-corrected chi connectivity index (χ2v) is 8.46. The molecule has 3 heterocycles. The van der Waals surface area contributed by atoms with Crippen molar-refractivity contribution in [1.29, 1.82) is 0 Å². The van der Waals surface area contributed by atoms with Gasteiger partial charge in [-0.3, -0.25) is 9.89 Å². The maximum Gasteiger partial charge on any atom is 0.225 e. The van der Waals surface area contributed by atoms with Crippen molar-refractivity contribution in [2.45, 2.75) is 57.8 Å². The minimum absolute atomic E-state index is 0.253. The van der Waals surface area contributed by atoms with Crippen LogP contribution in [0.25, 0.3) is 11.3 Å². The summed E-state index contributed by atoms with van der Waals surface area (Å²) in [6.07, 6.45) is 9.75. The number of ether oxygens (including phenoxy) is 1. The molecule has 28 heavy (non-hydrogen) atoms. The molecule has 3 aliphatic rings. The number of H-pyrrole nitrogens is 1. The molecule has 1 saturated carbocycles. The average molecular weight is 380 g/mol.